The zero-order chi connectivity index (χ0) is 17.1. The summed E-state index contributed by atoms with van der Waals surface area (Å²) in [5.74, 6) is 2.17. The lowest BCUT2D eigenvalue weighted by Gasteiger charge is -2.15. The Morgan fingerprint density at radius 3 is 2.88 bits per heavy atom. The number of nitrogens with one attached hydrogen (secondary N) is 2. The average molecular weight is 341 g/mol. The third kappa shape index (κ3) is 3.65. The molecular formula is C17H24N6Si. The Labute approximate surface area is 145 Å². The van der Waals surface area contributed by atoms with Crippen LogP contribution in [0.3, 0.4) is 0 Å². The predicted octanol–water partition coefficient (Wildman–Crippen LogP) is 2.08. The number of anilines is 2. The highest BCUT2D eigenvalue weighted by Crippen LogP contribution is 2.30. The molecule has 2 aromatic heterocycles. The van der Waals surface area contributed by atoms with Gasteiger partial charge in [-0.25, -0.2) is 15.0 Å². The van der Waals surface area contributed by atoms with E-state index in [2.05, 4.69) is 31.7 Å². The van der Waals surface area contributed by atoms with Crippen molar-refractivity contribution in [3.63, 3.8) is 0 Å². The van der Waals surface area contributed by atoms with Crippen molar-refractivity contribution < 1.29 is 0 Å². The van der Waals surface area contributed by atoms with E-state index >= 15 is 0 Å². The minimum atomic E-state index is 0.213. The molecule has 0 aromatic carbocycles. The minimum Gasteiger partial charge on any atom is -0.366 e. The van der Waals surface area contributed by atoms with Crippen LogP contribution in [-0.2, 0) is 0 Å². The molecule has 1 saturated carbocycles. The standard InChI is InChI=1S/C17H24N6Si/c1-10(2)20-16-15-12(6-14(7-18)21-16)8-19-17(23-15)22-13-4-3-11(5-13)9-24/h6,8,10-11,13H,3-5,9H2,1-2,24H3,(H,20,21)(H,19,22,23)/t11-,13?/m0/s1. The number of nitrogens with zero attached hydrogens (tertiary/aromatic N) is 4. The van der Waals surface area contributed by atoms with Crippen LogP contribution in [0.4, 0.5) is 11.8 Å². The first-order chi connectivity index (χ1) is 11.6. The van der Waals surface area contributed by atoms with Crippen LogP contribution in [0.25, 0.3) is 10.9 Å². The summed E-state index contributed by atoms with van der Waals surface area (Å²) >= 11 is 0. The Kier molecular flexibility index (Phi) is 4.95. The smallest absolute Gasteiger partial charge is 0.223 e. The van der Waals surface area contributed by atoms with Gasteiger partial charge in [-0.3, -0.25) is 0 Å². The number of aromatic nitrogens is 3. The molecular weight excluding hydrogens is 316 g/mol. The highest BCUT2D eigenvalue weighted by Gasteiger charge is 2.23. The maximum absolute atomic E-state index is 9.16. The second kappa shape index (κ2) is 7.14. The second-order valence-electron chi connectivity index (χ2n) is 6.83. The van der Waals surface area contributed by atoms with Gasteiger partial charge in [0, 0.05) is 33.9 Å². The third-order valence-electron chi connectivity index (χ3n) is 4.56. The molecule has 1 unspecified atom stereocenters. The molecule has 1 aliphatic rings. The summed E-state index contributed by atoms with van der Waals surface area (Å²) in [6.45, 7) is 4.08. The molecule has 24 heavy (non-hydrogen) atoms. The van der Waals surface area contributed by atoms with Gasteiger partial charge in [0.05, 0.1) is 0 Å². The molecule has 7 heteroatoms. The maximum Gasteiger partial charge on any atom is 0.223 e. The molecule has 0 amide bonds. The number of hydrogen-bond acceptors (Lipinski definition) is 6. The third-order valence-corrected chi connectivity index (χ3v) is 5.71. The lowest BCUT2D eigenvalue weighted by molar-refractivity contribution is 0.601. The van der Waals surface area contributed by atoms with Crippen molar-refractivity contribution in [2.45, 2.75) is 51.2 Å². The molecule has 2 atom stereocenters. The highest BCUT2D eigenvalue weighted by molar-refractivity contribution is 6.08. The van der Waals surface area contributed by atoms with Gasteiger partial charge in [0.2, 0.25) is 5.95 Å². The number of rotatable bonds is 5. The summed E-state index contributed by atoms with van der Waals surface area (Å²) in [6.07, 6.45) is 5.49. The molecule has 0 saturated heterocycles. The van der Waals surface area contributed by atoms with Crippen LogP contribution in [0.15, 0.2) is 12.3 Å². The Bertz CT molecular complexity index is 770. The van der Waals surface area contributed by atoms with Crippen LogP contribution in [0.5, 0.6) is 0 Å². The van der Waals surface area contributed by atoms with Gasteiger partial charge in [0.1, 0.15) is 17.3 Å². The van der Waals surface area contributed by atoms with E-state index in [1.807, 2.05) is 13.8 Å². The predicted molar refractivity (Wildman–Crippen MR) is 100 cm³/mol. The highest BCUT2D eigenvalue weighted by atomic mass is 28.1. The van der Waals surface area contributed by atoms with Crippen molar-refractivity contribution in [3.05, 3.63) is 18.0 Å². The van der Waals surface area contributed by atoms with Crippen molar-refractivity contribution in [1.82, 2.24) is 15.0 Å². The van der Waals surface area contributed by atoms with Crippen molar-refractivity contribution in [2.24, 2.45) is 5.92 Å². The van der Waals surface area contributed by atoms with Crippen LogP contribution in [0.2, 0.25) is 6.04 Å². The number of hydrogen-bond donors (Lipinski definition) is 2. The molecule has 0 bridgehead atoms. The van der Waals surface area contributed by atoms with Crippen LogP contribution in [0, 0.1) is 17.2 Å². The van der Waals surface area contributed by atoms with E-state index in [4.69, 9.17) is 5.26 Å². The van der Waals surface area contributed by atoms with Crippen molar-refractivity contribution in [2.75, 3.05) is 10.6 Å². The zero-order valence-corrected chi connectivity index (χ0v) is 16.5. The first-order valence-electron chi connectivity index (χ1n) is 8.70. The van der Waals surface area contributed by atoms with Crippen LogP contribution >= 0.6 is 0 Å². The number of nitriles is 1. The van der Waals surface area contributed by atoms with Gasteiger partial charge in [-0.05, 0) is 45.1 Å². The van der Waals surface area contributed by atoms with Crippen LogP contribution in [0.1, 0.15) is 38.8 Å². The first kappa shape index (κ1) is 16.6. The summed E-state index contributed by atoms with van der Waals surface area (Å²) in [4.78, 5) is 13.5. The molecule has 2 N–H and O–H groups in total. The second-order valence-corrected chi connectivity index (χ2v) is 7.64. The van der Waals surface area contributed by atoms with Gasteiger partial charge in [-0.15, -0.1) is 0 Å². The maximum atomic E-state index is 9.16. The normalized spacial score (nSPS) is 20.4. The topological polar surface area (TPSA) is 86.5 Å². The van der Waals surface area contributed by atoms with Crippen molar-refractivity contribution in [3.8, 4) is 6.07 Å². The zero-order valence-electron chi connectivity index (χ0n) is 14.5. The van der Waals surface area contributed by atoms with E-state index in [0.717, 1.165) is 16.8 Å². The molecule has 0 aliphatic heterocycles. The quantitative estimate of drug-likeness (QED) is 0.811. The average Bonchev–Trinajstić information content (AvgIpc) is 3.02. The van der Waals surface area contributed by atoms with Gasteiger partial charge >= 0.3 is 0 Å². The minimum absolute atomic E-state index is 0.213. The molecule has 2 heterocycles. The van der Waals surface area contributed by atoms with Crippen LogP contribution < -0.4 is 10.6 Å². The van der Waals surface area contributed by atoms with Gasteiger partial charge in [-0.2, -0.15) is 5.26 Å². The summed E-state index contributed by atoms with van der Waals surface area (Å²) in [6, 6.07) is 5.89. The molecule has 126 valence electrons. The Hall–Kier alpha value is -2.20. The van der Waals surface area contributed by atoms with Crippen LogP contribution in [-0.4, -0.2) is 37.3 Å². The fourth-order valence-electron chi connectivity index (χ4n) is 3.30. The van der Waals surface area contributed by atoms with E-state index in [9.17, 15) is 0 Å². The molecule has 1 fully saturated rings. The summed E-state index contributed by atoms with van der Waals surface area (Å²) < 4.78 is 0. The Morgan fingerprint density at radius 2 is 2.21 bits per heavy atom. The Morgan fingerprint density at radius 1 is 1.38 bits per heavy atom. The van der Waals surface area contributed by atoms with E-state index in [0.29, 0.717) is 23.5 Å². The lowest BCUT2D eigenvalue weighted by atomic mass is 10.1. The van der Waals surface area contributed by atoms with Gasteiger partial charge in [0.15, 0.2) is 5.82 Å². The lowest BCUT2D eigenvalue weighted by Crippen LogP contribution is -2.18. The molecule has 0 spiro atoms. The van der Waals surface area contributed by atoms with Crippen molar-refractivity contribution in [1.29, 1.82) is 5.26 Å². The van der Waals surface area contributed by atoms with E-state index in [1.54, 1.807) is 12.3 Å². The summed E-state index contributed by atoms with van der Waals surface area (Å²) in [5, 5.41) is 16.8. The number of pyridine rings is 1. The summed E-state index contributed by atoms with van der Waals surface area (Å²) in [7, 11) is 1.28. The summed E-state index contributed by atoms with van der Waals surface area (Å²) in [5.41, 5.74) is 1.14. The largest absolute Gasteiger partial charge is 0.366 e. The SMILES string of the molecule is CC(C)Nc1nc(C#N)cc2cnc(NC3CC[C@H](C[SiH3])C3)nc12. The molecule has 3 rings (SSSR count). The van der Waals surface area contributed by atoms with E-state index in [-0.39, 0.29) is 6.04 Å². The molecule has 2 aromatic rings. The number of fused-ring (bicyclic) bond motifs is 1. The van der Waals surface area contributed by atoms with E-state index < -0.39 is 0 Å². The fourth-order valence-corrected chi connectivity index (χ4v) is 4.04. The fraction of sp³-hybridized carbons (Fsp3) is 0.529. The van der Waals surface area contributed by atoms with E-state index in [1.165, 1.54) is 35.5 Å². The van der Waals surface area contributed by atoms with Gasteiger partial charge < -0.3 is 10.6 Å². The molecule has 1 aliphatic carbocycles. The Balaban J connectivity index is 1.90. The van der Waals surface area contributed by atoms with Crippen molar-refractivity contribution >= 4 is 32.9 Å². The van der Waals surface area contributed by atoms with Gasteiger partial charge in [-0.1, -0.05) is 6.04 Å². The molecule has 6 nitrogen and oxygen atoms in total. The first-order valence-corrected chi connectivity index (χ1v) is 10.1. The monoisotopic (exact) mass is 340 g/mol. The van der Waals surface area contributed by atoms with Gasteiger partial charge in [0.25, 0.3) is 0 Å². The molecule has 0 radical (unpaired) electrons.